The third-order valence-electron chi connectivity index (χ3n) is 3.77. The molecule has 0 bridgehead atoms. The largest absolute Gasteiger partial charge is 0.396 e. The number of nitrogens with one attached hydrogen (secondary N) is 1. The van der Waals surface area contributed by atoms with Gasteiger partial charge in [0.15, 0.2) is 0 Å². The fourth-order valence-corrected chi connectivity index (χ4v) is 2.30. The van der Waals surface area contributed by atoms with Crippen molar-refractivity contribution < 1.29 is 14.6 Å². The highest BCUT2D eigenvalue weighted by Gasteiger charge is 2.32. The first kappa shape index (κ1) is 14.5. The van der Waals surface area contributed by atoms with E-state index < -0.39 is 0 Å². The summed E-state index contributed by atoms with van der Waals surface area (Å²) in [7, 11) is 0. The van der Waals surface area contributed by atoms with Crippen LogP contribution in [0.2, 0.25) is 0 Å². The highest BCUT2D eigenvalue weighted by molar-refractivity contribution is 5.94. The Morgan fingerprint density at radius 3 is 2.85 bits per heavy atom. The van der Waals surface area contributed by atoms with E-state index in [0.29, 0.717) is 30.9 Å². The van der Waals surface area contributed by atoms with Gasteiger partial charge in [0.1, 0.15) is 0 Å². The number of amides is 1. The van der Waals surface area contributed by atoms with Gasteiger partial charge >= 0.3 is 0 Å². The molecule has 0 aromatic heterocycles. The molecule has 1 aromatic rings. The first-order valence-electron chi connectivity index (χ1n) is 6.66. The van der Waals surface area contributed by atoms with Gasteiger partial charge in [0, 0.05) is 30.7 Å². The Hall–Kier alpha value is -1.90. The lowest BCUT2D eigenvalue weighted by molar-refractivity contribution is -0.0146. The van der Waals surface area contributed by atoms with Crippen molar-refractivity contribution in [1.29, 1.82) is 5.26 Å². The Morgan fingerprint density at radius 2 is 2.20 bits per heavy atom. The molecular formula is C15H18N2O3. The Balaban J connectivity index is 1.99. The maximum Gasteiger partial charge on any atom is 0.251 e. The van der Waals surface area contributed by atoms with E-state index in [4.69, 9.17) is 10.00 Å². The van der Waals surface area contributed by atoms with Crippen LogP contribution >= 0.6 is 0 Å². The topological polar surface area (TPSA) is 82.4 Å². The van der Waals surface area contributed by atoms with Gasteiger partial charge in [0.25, 0.3) is 5.91 Å². The zero-order valence-corrected chi connectivity index (χ0v) is 11.3. The minimum Gasteiger partial charge on any atom is -0.396 e. The lowest BCUT2D eigenvalue weighted by Crippen LogP contribution is -2.43. The molecular weight excluding hydrogens is 256 g/mol. The normalized spacial score (nSPS) is 17.2. The van der Waals surface area contributed by atoms with Crippen LogP contribution < -0.4 is 5.32 Å². The number of aliphatic hydroxyl groups is 1. The second-order valence-electron chi connectivity index (χ2n) is 5.15. The molecule has 1 fully saturated rings. The summed E-state index contributed by atoms with van der Waals surface area (Å²) in [6, 6.07) is 8.58. The number of benzene rings is 1. The minimum absolute atomic E-state index is 0.0366. The maximum absolute atomic E-state index is 12.1. The van der Waals surface area contributed by atoms with Gasteiger partial charge in [-0.2, -0.15) is 5.26 Å². The van der Waals surface area contributed by atoms with Gasteiger partial charge in [-0.15, -0.1) is 0 Å². The fraction of sp³-hybridized carbons (Fsp3) is 0.467. The number of nitriles is 1. The van der Waals surface area contributed by atoms with E-state index in [-0.39, 0.29) is 17.9 Å². The summed E-state index contributed by atoms with van der Waals surface area (Å²) in [5.74, 6) is -0.221. The van der Waals surface area contributed by atoms with E-state index in [1.807, 2.05) is 6.07 Å². The Kier molecular flexibility index (Phi) is 4.72. The van der Waals surface area contributed by atoms with Crippen molar-refractivity contribution in [3.63, 3.8) is 0 Å². The molecule has 1 amide bonds. The molecule has 1 heterocycles. The monoisotopic (exact) mass is 274 g/mol. The number of ether oxygens (including phenoxy) is 1. The van der Waals surface area contributed by atoms with Crippen molar-refractivity contribution in [3.05, 3.63) is 35.4 Å². The van der Waals surface area contributed by atoms with Crippen LogP contribution in [0.4, 0.5) is 0 Å². The first-order valence-corrected chi connectivity index (χ1v) is 6.66. The second-order valence-corrected chi connectivity index (χ2v) is 5.15. The van der Waals surface area contributed by atoms with E-state index in [9.17, 15) is 9.90 Å². The highest BCUT2D eigenvalue weighted by Crippen LogP contribution is 2.29. The smallest absolute Gasteiger partial charge is 0.251 e. The molecule has 2 N–H and O–H groups in total. The minimum atomic E-state index is -0.291. The van der Waals surface area contributed by atoms with E-state index in [2.05, 4.69) is 5.32 Å². The highest BCUT2D eigenvalue weighted by atomic mass is 16.5. The van der Waals surface area contributed by atoms with E-state index in [0.717, 1.165) is 12.8 Å². The Bertz CT molecular complexity index is 516. The van der Waals surface area contributed by atoms with Crippen LogP contribution in [0.25, 0.3) is 0 Å². The summed E-state index contributed by atoms with van der Waals surface area (Å²) in [6.07, 6.45) is 1.48. The number of nitrogens with zero attached hydrogens (tertiary/aromatic N) is 1. The molecule has 0 saturated carbocycles. The molecule has 0 aliphatic carbocycles. The predicted octanol–water partition coefficient (Wildman–Crippen LogP) is 1.08. The number of hydrogen-bond donors (Lipinski definition) is 2. The van der Waals surface area contributed by atoms with E-state index >= 15 is 0 Å². The van der Waals surface area contributed by atoms with Crippen LogP contribution in [0.5, 0.6) is 0 Å². The molecule has 20 heavy (non-hydrogen) atoms. The number of hydrogen-bond acceptors (Lipinski definition) is 4. The quantitative estimate of drug-likeness (QED) is 0.860. The SMILES string of the molecule is N#Cc1cccc(C(=O)NCC2(CO)CCOCC2)c1. The molecule has 1 saturated heterocycles. The van der Waals surface area contributed by atoms with Crippen LogP contribution in [0.3, 0.4) is 0 Å². The Labute approximate surface area is 118 Å². The van der Waals surface area contributed by atoms with Gasteiger partial charge in [-0.25, -0.2) is 0 Å². The first-order chi connectivity index (χ1) is 9.69. The van der Waals surface area contributed by atoms with Crippen molar-refractivity contribution in [2.75, 3.05) is 26.4 Å². The summed E-state index contributed by atoms with van der Waals surface area (Å²) in [5.41, 5.74) is 0.630. The molecule has 5 nitrogen and oxygen atoms in total. The number of carbonyl (C=O) groups excluding carboxylic acids is 1. The summed E-state index contributed by atoms with van der Waals surface area (Å²) in [6.45, 7) is 1.68. The molecule has 106 valence electrons. The zero-order valence-electron chi connectivity index (χ0n) is 11.3. The van der Waals surface area contributed by atoms with Gasteiger partial charge in [-0.3, -0.25) is 4.79 Å². The number of aliphatic hydroxyl groups excluding tert-OH is 1. The van der Waals surface area contributed by atoms with Crippen molar-refractivity contribution in [1.82, 2.24) is 5.32 Å². The standard InChI is InChI=1S/C15H18N2O3/c16-9-12-2-1-3-13(8-12)14(19)17-10-15(11-18)4-6-20-7-5-15/h1-3,8,18H,4-7,10-11H2,(H,17,19). The average molecular weight is 274 g/mol. The summed E-state index contributed by atoms with van der Waals surface area (Å²) in [4.78, 5) is 12.1. The Morgan fingerprint density at radius 1 is 1.45 bits per heavy atom. The van der Waals surface area contributed by atoms with Crippen LogP contribution in [0, 0.1) is 16.7 Å². The number of rotatable bonds is 4. The molecule has 0 radical (unpaired) electrons. The molecule has 0 atom stereocenters. The lowest BCUT2D eigenvalue weighted by Gasteiger charge is -2.35. The molecule has 1 aliphatic rings. The average Bonchev–Trinajstić information content (AvgIpc) is 2.53. The molecule has 2 rings (SSSR count). The lowest BCUT2D eigenvalue weighted by atomic mass is 9.81. The summed E-state index contributed by atoms with van der Waals surface area (Å²) >= 11 is 0. The second kappa shape index (κ2) is 6.51. The van der Waals surface area contributed by atoms with Crippen LogP contribution in [0.15, 0.2) is 24.3 Å². The van der Waals surface area contributed by atoms with Crippen molar-refractivity contribution in [2.24, 2.45) is 5.41 Å². The van der Waals surface area contributed by atoms with Crippen LogP contribution in [0.1, 0.15) is 28.8 Å². The van der Waals surface area contributed by atoms with Gasteiger partial charge in [0.05, 0.1) is 18.2 Å². The zero-order chi connectivity index (χ0) is 14.4. The molecule has 5 heteroatoms. The fourth-order valence-electron chi connectivity index (χ4n) is 2.30. The molecule has 1 aromatic carbocycles. The van der Waals surface area contributed by atoms with Gasteiger partial charge in [0.2, 0.25) is 0 Å². The van der Waals surface area contributed by atoms with E-state index in [1.165, 1.54) is 0 Å². The van der Waals surface area contributed by atoms with Crippen LogP contribution in [-0.2, 0) is 4.74 Å². The maximum atomic E-state index is 12.1. The molecule has 1 aliphatic heterocycles. The molecule has 0 unspecified atom stereocenters. The van der Waals surface area contributed by atoms with E-state index in [1.54, 1.807) is 24.3 Å². The summed E-state index contributed by atoms with van der Waals surface area (Å²) in [5, 5.41) is 21.2. The van der Waals surface area contributed by atoms with Crippen molar-refractivity contribution in [3.8, 4) is 6.07 Å². The van der Waals surface area contributed by atoms with Gasteiger partial charge in [-0.05, 0) is 31.0 Å². The third-order valence-corrected chi connectivity index (χ3v) is 3.77. The molecule has 0 spiro atoms. The number of carbonyl (C=O) groups is 1. The third kappa shape index (κ3) is 3.35. The van der Waals surface area contributed by atoms with Crippen LogP contribution in [-0.4, -0.2) is 37.4 Å². The van der Waals surface area contributed by atoms with Gasteiger partial charge in [-0.1, -0.05) is 6.07 Å². The summed E-state index contributed by atoms with van der Waals surface area (Å²) < 4.78 is 5.29. The predicted molar refractivity (Wildman–Crippen MR) is 73.1 cm³/mol. The van der Waals surface area contributed by atoms with Gasteiger partial charge < -0.3 is 15.2 Å². The van der Waals surface area contributed by atoms with Crippen molar-refractivity contribution in [2.45, 2.75) is 12.8 Å². The van der Waals surface area contributed by atoms with Crippen molar-refractivity contribution >= 4 is 5.91 Å².